The molecular weight excluding hydrogens is 633 g/mol. The average Bonchev–Trinajstić information content (AvgIpc) is 3.42. The highest BCUT2D eigenvalue weighted by atomic mass is 35.5. The summed E-state index contributed by atoms with van der Waals surface area (Å²) in [6.07, 6.45) is 0. The molecule has 3 aromatic carbocycles. The zero-order valence-electron chi connectivity index (χ0n) is 22.5. The number of nitrogens with one attached hydrogen (secondary N) is 1. The number of hydrogen-bond acceptors (Lipinski definition) is 8. The highest BCUT2D eigenvalue weighted by Crippen LogP contribution is 2.54. The molecule has 3 amide bonds. The second kappa shape index (κ2) is 11.7. The first-order chi connectivity index (χ1) is 20.7. The van der Waals surface area contributed by atoms with Crippen LogP contribution in [0, 0.1) is 5.92 Å². The molecule has 2 aliphatic heterocycles. The number of anilines is 2. The predicted octanol–water partition coefficient (Wildman–Crippen LogP) is 5.76. The Labute approximate surface area is 264 Å². The van der Waals surface area contributed by atoms with E-state index in [1.807, 2.05) is 0 Å². The largest absolute Gasteiger partial charge is 0.504 e. The van der Waals surface area contributed by atoms with Gasteiger partial charge in [0.1, 0.15) is 11.8 Å². The number of benzene rings is 3. The van der Waals surface area contributed by atoms with Gasteiger partial charge in [0.15, 0.2) is 11.5 Å². The predicted molar refractivity (Wildman–Crippen MR) is 167 cm³/mol. The van der Waals surface area contributed by atoms with Gasteiger partial charge in [-0.15, -0.1) is 0 Å². The standard InChI is InChI=1S/C30H23Cl2N3O6S2/c1-2-41-21-13-15(3-12-20(21)36)23-24-25(28(39)35(27(24)38)19-10-6-17(32)7-11-19)42-29-26(23)43-30(40)34(29)14-22(37)33-18-8-4-16(31)5-9-18/h3-13,23-25,36H,2,14H2,1H3,(H,33,37)/t23-,24+,25-/m0/s1. The Morgan fingerprint density at radius 3 is 2.33 bits per heavy atom. The quantitative estimate of drug-likeness (QED) is 0.243. The normalized spacial score (nSPS) is 19.2. The van der Waals surface area contributed by atoms with Crippen LogP contribution in [0.1, 0.15) is 23.3 Å². The van der Waals surface area contributed by atoms with Gasteiger partial charge in [-0.2, -0.15) is 0 Å². The van der Waals surface area contributed by atoms with Crippen molar-refractivity contribution in [1.82, 2.24) is 4.57 Å². The zero-order valence-corrected chi connectivity index (χ0v) is 25.6. The molecule has 0 radical (unpaired) electrons. The van der Waals surface area contributed by atoms with Gasteiger partial charge in [-0.25, -0.2) is 4.90 Å². The van der Waals surface area contributed by atoms with Gasteiger partial charge < -0.3 is 15.2 Å². The first-order valence-corrected chi connectivity index (χ1v) is 15.7. The lowest BCUT2D eigenvalue weighted by molar-refractivity contribution is -0.122. The van der Waals surface area contributed by atoms with E-state index < -0.39 is 39.7 Å². The number of nitrogens with zero attached hydrogens (tertiary/aromatic N) is 2. The van der Waals surface area contributed by atoms with Crippen molar-refractivity contribution in [2.45, 2.75) is 29.7 Å². The van der Waals surface area contributed by atoms with Crippen molar-refractivity contribution < 1.29 is 24.2 Å². The van der Waals surface area contributed by atoms with Crippen molar-refractivity contribution >= 4 is 75.4 Å². The number of imide groups is 1. The Morgan fingerprint density at radius 1 is 0.977 bits per heavy atom. The van der Waals surface area contributed by atoms with Gasteiger partial charge >= 0.3 is 4.87 Å². The van der Waals surface area contributed by atoms with Crippen molar-refractivity contribution in [3.8, 4) is 11.5 Å². The van der Waals surface area contributed by atoms with Crippen molar-refractivity contribution in [2.75, 3.05) is 16.8 Å². The monoisotopic (exact) mass is 655 g/mol. The van der Waals surface area contributed by atoms with Crippen LogP contribution < -0.4 is 19.8 Å². The van der Waals surface area contributed by atoms with Gasteiger partial charge in [-0.3, -0.25) is 23.7 Å². The minimum atomic E-state index is -0.871. The molecule has 0 unspecified atom stereocenters. The summed E-state index contributed by atoms with van der Waals surface area (Å²) in [5.74, 6) is -2.71. The van der Waals surface area contributed by atoms with Crippen LogP contribution in [0.4, 0.5) is 11.4 Å². The van der Waals surface area contributed by atoms with E-state index >= 15 is 0 Å². The highest BCUT2D eigenvalue weighted by molar-refractivity contribution is 8.00. The Kier molecular flexibility index (Phi) is 7.99. The summed E-state index contributed by atoms with van der Waals surface area (Å²) in [5.41, 5.74) is 1.49. The molecule has 43 heavy (non-hydrogen) atoms. The minimum absolute atomic E-state index is 0.0752. The van der Waals surface area contributed by atoms with Gasteiger partial charge in [0.25, 0.3) is 0 Å². The number of fused-ring (bicyclic) bond motifs is 2. The summed E-state index contributed by atoms with van der Waals surface area (Å²) < 4.78 is 6.95. The summed E-state index contributed by atoms with van der Waals surface area (Å²) in [5, 5.41) is 13.7. The van der Waals surface area contributed by atoms with Gasteiger partial charge in [0.2, 0.25) is 17.7 Å². The molecule has 6 rings (SSSR count). The van der Waals surface area contributed by atoms with Crippen LogP contribution in [0.25, 0.3) is 0 Å². The number of aromatic hydroxyl groups is 1. The van der Waals surface area contributed by atoms with E-state index in [0.29, 0.717) is 43.5 Å². The van der Waals surface area contributed by atoms with Crippen LogP contribution in [-0.4, -0.2) is 39.3 Å². The number of carbonyl (C=O) groups excluding carboxylic acids is 3. The number of hydrogen-bond donors (Lipinski definition) is 2. The van der Waals surface area contributed by atoms with Crippen LogP contribution >= 0.6 is 46.3 Å². The van der Waals surface area contributed by atoms with Crippen molar-refractivity contribution in [2.24, 2.45) is 5.92 Å². The second-order valence-electron chi connectivity index (χ2n) is 9.87. The molecule has 13 heteroatoms. The van der Waals surface area contributed by atoms with E-state index in [0.717, 1.165) is 28.0 Å². The van der Waals surface area contributed by atoms with E-state index in [9.17, 15) is 24.3 Å². The number of halogens is 2. The van der Waals surface area contributed by atoms with Crippen LogP contribution in [0.2, 0.25) is 10.0 Å². The fourth-order valence-corrected chi connectivity index (χ4v) is 8.36. The number of thioether (sulfide) groups is 1. The van der Waals surface area contributed by atoms with Crippen molar-refractivity contribution in [1.29, 1.82) is 0 Å². The molecule has 0 spiro atoms. The Balaban J connectivity index is 1.43. The van der Waals surface area contributed by atoms with Crippen molar-refractivity contribution in [3.63, 3.8) is 0 Å². The number of aromatic nitrogens is 1. The van der Waals surface area contributed by atoms with Gasteiger partial charge in [-0.05, 0) is 73.2 Å². The summed E-state index contributed by atoms with van der Waals surface area (Å²) in [4.78, 5) is 55.6. The molecule has 4 aromatic rings. The van der Waals surface area contributed by atoms with E-state index in [2.05, 4.69) is 5.32 Å². The molecular formula is C30H23Cl2N3O6S2. The average molecular weight is 657 g/mol. The van der Waals surface area contributed by atoms with E-state index in [1.54, 1.807) is 67.6 Å². The van der Waals surface area contributed by atoms with E-state index in [1.165, 1.54) is 10.6 Å². The SMILES string of the molecule is CCOc1cc([C@@H]2c3sc(=O)n(CC(=O)Nc4ccc(Cl)cc4)c3S[C@@H]3C(=O)N(c4ccc(Cl)cc4)C(=O)[C@H]23)ccc1O. The van der Waals surface area contributed by atoms with E-state index in [-0.39, 0.29) is 18.0 Å². The lowest BCUT2D eigenvalue weighted by Gasteiger charge is -2.31. The van der Waals surface area contributed by atoms with Crippen LogP contribution in [0.5, 0.6) is 11.5 Å². The summed E-state index contributed by atoms with van der Waals surface area (Å²) >= 11 is 14.0. The maximum atomic E-state index is 14.0. The minimum Gasteiger partial charge on any atom is -0.504 e. The second-order valence-corrected chi connectivity index (χ2v) is 12.9. The lowest BCUT2D eigenvalue weighted by atomic mass is 9.83. The molecule has 0 bridgehead atoms. The number of ether oxygens (including phenoxy) is 1. The molecule has 2 N–H and O–H groups in total. The summed E-state index contributed by atoms with van der Waals surface area (Å²) in [7, 11) is 0. The fraction of sp³-hybridized carbons (Fsp3) is 0.200. The number of amides is 3. The smallest absolute Gasteiger partial charge is 0.308 e. The number of phenolic OH excluding ortho intramolecular Hbond substituents is 1. The molecule has 0 aliphatic carbocycles. The van der Waals surface area contributed by atoms with Crippen LogP contribution in [0.15, 0.2) is 76.6 Å². The van der Waals surface area contributed by atoms with Gasteiger partial charge in [0.05, 0.1) is 23.2 Å². The number of carbonyl (C=O) groups is 3. The molecule has 9 nitrogen and oxygen atoms in total. The Morgan fingerprint density at radius 2 is 1.65 bits per heavy atom. The molecule has 1 aromatic heterocycles. The first-order valence-electron chi connectivity index (χ1n) is 13.2. The first kappa shape index (κ1) is 29.3. The maximum Gasteiger partial charge on any atom is 0.308 e. The maximum absolute atomic E-state index is 14.0. The summed E-state index contributed by atoms with van der Waals surface area (Å²) in [6.45, 7) is 1.78. The van der Waals surface area contributed by atoms with Gasteiger partial charge in [-0.1, -0.05) is 52.4 Å². The molecule has 1 fully saturated rings. The highest BCUT2D eigenvalue weighted by Gasteiger charge is 2.57. The van der Waals surface area contributed by atoms with Crippen LogP contribution in [0.3, 0.4) is 0 Å². The molecule has 220 valence electrons. The number of thiazole rings is 1. The van der Waals surface area contributed by atoms with Crippen molar-refractivity contribution in [3.05, 3.63) is 96.9 Å². The van der Waals surface area contributed by atoms with Gasteiger partial charge in [0, 0.05) is 26.5 Å². The molecule has 0 saturated carbocycles. The number of phenols is 1. The van der Waals surface area contributed by atoms with E-state index in [4.69, 9.17) is 27.9 Å². The molecule has 3 atom stereocenters. The Bertz CT molecular complexity index is 1810. The molecule has 2 aliphatic rings. The summed E-state index contributed by atoms with van der Waals surface area (Å²) in [6, 6.07) is 17.7. The number of rotatable bonds is 7. The lowest BCUT2D eigenvalue weighted by Crippen LogP contribution is -2.33. The van der Waals surface area contributed by atoms with Crippen LogP contribution in [-0.2, 0) is 20.9 Å². The zero-order chi connectivity index (χ0) is 30.4. The third-order valence-electron chi connectivity index (χ3n) is 7.21. The molecule has 3 heterocycles. The Hall–Kier alpha value is -3.77. The topological polar surface area (TPSA) is 118 Å². The fourth-order valence-electron chi connectivity index (χ4n) is 5.33. The third-order valence-corrected chi connectivity index (χ3v) is 10.3. The third kappa shape index (κ3) is 5.42. The molecule has 1 saturated heterocycles.